The summed E-state index contributed by atoms with van der Waals surface area (Å²) >= 11 is 0. The summed E-state index contributed by atoms with van der Waals surface area (Å²) in [6.45, 7) is 2.90. The van der Waals surface area contributed by atoms with Crippen LogP contribution in [0, 0.1) is 6.92 Å². The molecule has 1 rings (SSSR count). The minimum atomic E-state index is -4.81. The molecule has 1 aromatic carbocycles. The van der Waals surface area contributed by atoms with E-state index in [-0.39, 0.29) is 17.1 Å². The number of amides is 1. The first-order chi connectivity index (χ1) is 9.99. The second-order valence-corrected chi connectivity index (χ2v) is 6.42. The molecule has 0 aliphatic heterocycles. The van der Waals surface area contributed by atoms with Gasteiger partial charge < -0.3 is 5.32 Å². The van der Waals surface area contributed by atoms with E-state index in [2.05, 4.69) is 4.72 Å². The van der Waals surface area contributed by atoms with E-state index in [0.29, 0.717) is 5.56 Å². The average Bonchev–Trinajstić information content (AvgIpc) is 2.41. The molecule has 0 aromatic heterocycles. The molecular formula is C12H14F4N2O3S. The Hall–Kier alpha value is -1.84. The molecule has 0 spiro atoms. The Kier molecular flexibility index (Phi) is 5.39. The summed E-state index contributed by atoms with van der Waals surface area (Å²) in [5.41, 5.74) is 0.373. The molecule has 5 nitrogen and oxygen atoms in total. The van der Waals surface area contributed by atoms with Crippen molar-refractivity contribution < 1.29 is 30.8 Å². The van der Waals surface area contributed by atoms with Gasteiger partial charge in [0.1, 0.15) is 0 Å². The van der Waals surface area contributed by atoms with Crippen molar-refractivity contribution in [2.45, 2.75) is 26.2 Å². The quantitative estimate of drug-likeness (QED) is 0.781. The van der Waals surface area contributed by atoms with Crippen molar-refractivity contribution in [1.29, 1.82) is 0 Å². The number of benzene rings is 1. The lowest BCUT2D eigenvalue weighted by molar-refractivity contribution is -0.163. The van der Waals surface area contributed by atoms with Gasteiger partial charge in [0.25, 0.3) is 0 Å². The highest BCUT2D eigenvalue weighted by Crippen LogP contribution is 2.26. The van der Waals surface area contributed by atoms with E-state index in [0.717, 1.165) is 6.07 Å². The molecule has 0 radical (unpaired) electrons. The molecule has 0 atom stereocenters. The van der Waals surface area contributed by atoms with Crippen molar-refractivity contribution in [3.8, 4) is 0 Å². The maximum Gasteiger partial charge on any atom is 0.383 e. The lowest BCUT2D eigenvalue weighted by atomic mass is 10.2. The lowest BCUT2D eigenvalue weighted by Crippen LogP contribution is -2.41. The predicted molar refractivity (Wildman–Crippen MR) is 73.8 cm³/mol. The average molecular weight is 342 g/mol. The van der Waals surface area contributed by atoms with Crippen molar-refractivity contribution in [1.82, 2.24) is 0 Å². The van der Waals surface area contributed by atoms with Gasteiger partial charge in [0.05, 0.1) is 11.4 Å². The number of sulfonamides is 1. The zero-order chi connectivity index (χ0) is 17.1. The fourth-order valence-electron chi connectivity index (χ4n) is 1.41. The fourth-order valence-corrected chi connectivity index (χ4v) is 2.12. The van der Waals surface area contributed by atoms with Crippen molar-refractivity contribution in [3.63, 3.8) is 0 Å². The van der Waals surface area contributed by atoms with Gasteiger partial charge in [-0.25, -0.2) is 17.2 Å². The normalized spacial score (nSPS) is 12.3. The lowest BCUT2D eigenvalue weighted by Gasteiger charge is -2.16. The standard InChI is InChI=1S/C12H14F4N2O3S/c1-3-22(20,21)18-9-5-4-8(6-7(9)2)17-11(19)12(15,16)10(13)14/h4-6,10,18H,3H2,1-2H3,(H,17,19). The van der Waals surface area contributed by atoms with E-state index in [4.69, 9.17) is 0 Å². The summed E-state index contributed by atoms with van der Waals surface area (Å²) in [5.74, 6) is -7.11. The van der Waals surface area contributed by atoms with Crippen LogP contribution in [0.25, 0.3) is 0 Å². The van der Waals surface area contributed by atoms with Gasteiger partial charge in [0, 0.05) is 5.69 Å². The van der Waals surface area contributed by atoms with Gasteiger partial charge in [-0.15, -0.1) is 0 Å². The molecule has 0 aliphatic carbocycles. The number of carbonyl (C=O) groups excluding carboxylic acids is 1. The molecule has 0 saturated heterocycles. The highest BCUT2D eigenvalue weighted by Gasteiger charge is 2.48. The fraction of sp³-hybridized carbons (Fsp3) is 0.417. The molecule has 0 heterocycles. The smallest absolute Gasteiger partial charge is 0.321 e. The number of hydrogen-bond donors (Lipinski definition) is 2. The Labute approximate surface area is 124 Å². The van der Waals surface area contributed by atoms with Crippen LogP contribution < -0.4 is 10.0 Å². The van der Waals surface area contributed by atoms with Crippen LogP contribution in [0.5, 0.6) is 0 Å². The summed E-state index contributed by atoms with van der Waals surface area (Å²) < 4.78 is 74.8. The summed E-state index contributed by atoms with van der Waals surface area (Å²) in [6.07, 6.45) is -4.12. The van der Waals surface area contributed by atoms with Gasteiger partial charge in [-0.2, -0.15) is 8.78 Å². The van der Waals surface area contributed by atoms with E-state index in [1.807, 2.05) is 0 Å². The number of hydrogen-bond acceptors (Lipinski definition) is 3. The minimum absolute atomic E-state index is 0.151. The highest BCUT2D eigenvalue weighted by molar-refractivity contribution is 7.92. The molecule has 10 heteroatoms. The number of nitrogens with one attached hydrogen (secondary N) is 2. The third-order valence-corrected chi connectivity index (χ3v) is 4.00. The molecule has 2 N–H and O–H groups in total. The van der Waals surface area contributed by atoms with Crippen molar-refractivity contribution in [2.24, 2.45) is 0 Å². The van der Waals surface area contributed by atoms with Gasteiger partial charge in [0.15, 0.2) is 0 Å². The van der Waals surface area contributed by atoms with E-state index in [1.54, 1.807) is 5.32 Å². The molecule has 0 aliphatic rings. The van der Waals surface area contributed by atoms with Crippen LogP contribution in [0.15, 0.2) is 18.2 Å². The Morgan fingerprint density at radius 1 is 1.32 bits per heavy atom. The zero-order valence-electron chi connectivity index (χ0n) is 11.7. The highest BCUT2D eigenvalue weighted by atomic mass is 32.2. The summed E-state index contributed by atoms with van der Waals surface area (Å²) in [6, 6.07) is 3.55. The Bertz CT molecular complexity index is 662. The topological polar surface area (TPSA) is 75.3 Å². The zero-order valence-corrected chi connectivity index (χ0v) is 12.5. The summed E-state index contributed by atoms with van der Waals surface area (Å²) in [4.78, 5) is 11.1. The van der Waals surface area contributed by atoms with Crippen LogP contribution in [0.4, 0.5) is 28.9 Å². The number of rotatable bonds is 6. The SMILES string of the molecule is CCS(=O)(=O)Nc1ccc(NC(=O)C(F)(F)C(F)F)cc1C. The third-order valence-electron chi connectivity index (χ3n) is 2.71. The van der Waals surface area contributed by atoms with Crippen LogP contribution in [0.2, 0.25) is 0 Å². The maximum absolute atomic E-state index is 12.8. The first-order valence-electron chi connectivity index (χ1n) is 6.08. The third kappa shape index (κ3) is 4.33. The molecular weight excluding hydrogens is 328 g/mol. The monoisotopic (exact) mass is 342 g/mol. The van der Waals surface area contributed by atoms with Gasteiger partial charge in [-0.1, -0.05) is 0 Å². The number of alkyl halides is 4. The molecule has 0 bridgehead atoms. The van der Waals surface area contributed by atoms with E-state index < -0.39 is 28.3 Å². The predicted octanol–water partition coefficient (Wildman–Crippen LogP) is 2.60. The van der Waals surface area contributed by atoms with Crippen LogP contribution >= 0.6 is 0 Å². The van der Waals surface area contributed by atoms with E-state index in [9.17, 15) is 30.8 Å². The van der Waals surface area contributed by atoms with Crippen molar-refractivity contribution in [3.05, 3.63) is 23.8 Å². The Balaban J connectivity index is 2.93. The number of aryl methyl sites for hydroxylation is 1. The van der Waals surface area contributed by atoms with Gasteiger partial charge in [0.2, 0.25) is 10.0 Å². The largest absolute Gasteiger partial charge is 0.383 e. The number of carbonyl (C=O) groups is 1. The molecule has 22 heavy (non-hydrogen) atoms. The maximum atomic E-state index is 12.8. The van der Waals surface area contributed by atoms with Gasteiger partial charge in [-0.3, -0.25) is 9.52 Å². The Morgan fingerprint density at radius 3 is 2.36 bits per heavy atom. The second-order valence-electron chi connectivity index (χ2n) is 4.41. The number of halogens is 4. The second kappa shape index (κ2) is 6.51. The molecule has 0 saturated carbocycles. The van der Waals surface area contributed by atoms with Crippen molar-refractivity contribution >= 4 is 27.3 Å². The van der Waals surface area contributed by atoms with Crippen molar-refractivity contribution in [2.75, 3.05) is 15.8 Å². The van der Waals surface area contributed by atoms with E-state index in [1.165, 1.54) is 26.0 Å². The molecule has 1 amide bonds. The van der Waals surface area contributed by atoms with Crippen LogP contribution in [-0.4, -0.2) is 32.4 Å². The first-order valence-corrected chi connectivity index (χ1v) is 7.73. The molecule has 124 valence electrons. The first kappa shape index (κ1) is 18.2. The van der Waals surface area contributed by atoms with Crippen LogP contribution in [0.3, 0.4) is 0 Å². The van der Waals surface area contributed by atoms with Crippen LogP contribution in [0.1, 0.15) is 12.5 Å². The molecule has 0 fully saturated rings. The molecule has 0 unspecified atom stereocenters. The minimum Gasteiger partial charge on any atom is -0.321 e. The summed E-state index contributed by atoms with van der Waals surface area (Å²) in [7, 11) is -3.52. The van der Waals surface area contributed by atoms with Gasteiger partial charge in [-0.05, 0) is 37.6 Å². The molecule has 1 aromatic rings. The Morgan fingerprint density at radius 2 is 1.91 bits per heavy atom. The van der Waals surface area contributed by atoms with Crippen LogP contribution in [-0.2, 0) is 14.8 Å². The van der Waals surface area contributed by atoms with Gasteiger partial charge >= 0.3 is 18.3 Å². The number of anilines is 2. The van der Waals surface area contributed by atoms with E-state index >= 15 is 0 Å². The summed E-state index contributed by atoms with van der Waals surface area (Å²) in [5, 5.41) is 1.66.